The Morgan fingerprint density at radius 1 is 1.38 bits per heavy atom. The van der Waals surface area contributed by atoms with Crippen molar-refractivity contribution < 1.29 is 0 Å². The molecule has 0 saturated carbocycles. The maximum absolute atomic E-state index is 4.33. The molecule has 16 heavy (non-hydrogen) atoms. The van der Waals surface area contributed by atoms with Crippen LogP contribution < -0.4 is 4.90 Å². The van der Waals surface area contributed by atoms with Crippen LogP contribution in [0.2, 0.25) is 0 Å². The van der Waals surface area contributed by atoms with Crippen molar-refractivity contribution in [3.05, 3.63) is 18.6 Å². The highest BCUT2D eigenvalue weighted by molar-refractivity contribution is 5.37. The van der Waals surface area contributed by atoms with Gasteiger partial charge in [-0.15, -0.1) is 0 Å². The molecule has 1 unspecified atom stereocenters. The summed E-state index contributed by atoms with van der Waals surface area (Å²) in [6, 6.07) is 2.00. The van der Waals surface area contributed by atoms with Crippen LogP contribution in [-0.4, -0.2) is 23.1 Å². The Balaban J connectivity index is 2.08. The van der Waals surface area contributed by atoms with E-state index in [4.69, 9.17) is 0 Å². The van der Waals surface area contributed by atoms with Crippen LogP contribution in [0.25, 0.3) is 0 Å². The van der Waals surface area contributed by atoms with Gasteiger partial charge in [0.1, 0.15) is 12.1 Å². The van der Waals surface area contributed by atoms with Crippen LogP contribution in [-0.2, 0) is 0 Å². The first-order chi connectivity index (χ1) is 7.57. The number of hydrogen-bond acceptors (Lipinski definition) is 3. The Morgan fingerprint density at radius 2 is 2.19 bits per heavy atom. The molecule has 3 heteroatoms. The van der Waals surface area contributed by atoms with Gasteiger partial charge in [-0.3, -0.25) is 0 Å². The fourth-order valence-corrected chi connectivity index (χ4v) is 2.36. The molecule has 1 aromatic heterocycles. The third-order valence-electron chi connectivity index (χ3n) is 3.54. The summed E-state index contributed by atoms with van der Waals surface area (Å²) < 4.78 is 0. The average Bonchev–Trinajstić information content (AvgIpc) is 2.29. The van der Waals surface area contributed by atoms with Crippen molar-refractivity contribution in [3.8, 4) is 0 Å². The van der Waals surface area contributed by atoms with Gasteiger partial charge in [0.2, 0.25) is 0 Å². The third kappa shape index (κ3) is 2.52. The van der Waals surface area contributed by atoms with Gasteiger partial charge in [-0.25, -0.2) is 9.97 Å². The Morgan fingerprint density at radius 3 is 2.81 bits per heavy atom. The van der Waals surface area contributed by atoms with E-state index in [1.54, 1.807) is 6.33 Å². The van der Waals surface area contributed by atoms with E-state index < -0.39 is 0 Å². The molecule has 0 bridgehead atoms. The standard InChI is InChI=1S/C13H21N3/c1-13(2,3)11-5-4-8-16(9-11)12-6-7-14-10-15-12/h6-7,10-11H,4-5,8-9H2,1-3H3. The summed E-state index contributed by atoms with van der Waals surface area (Å²) in [5, 5.41) is 0. The van der Waals surface area contributed by atoms with Crippen LogP contribution in [0.5, 0.6) is 0 Å². The lowest BCUT2D eigenvalue weighted by atomic mass is 9.76. The van der Waals surface area contributed by atoms with Crippen molar-refractivity contribution in [2.75, 3.05) is 18.0 Å². The quantitative estimate of drug-likeness (QED) is 0.727. The average molecular weight is 219 g/mol. The molecule has 2 heterocycles. The molecular weight excluding hydrogens is 198 g/mol. The SMILES string of the molecule is CC(C)(C)C1CCCN(c2ccncn2)C1. The van der Waals surface area contributed by atoms with Crippen LogP contribution >= 0.6 is 0 Å². The zero-order valence-electron chi connectivity index (χ0n) is 10.5. The van der Waals surface area contributed by atoms with E-state index in [0.29, 0.717) is 5.41 Å². The topological polar surface area (TPSA) is 29.0 Å². The van der Waals surface area contributed by atoms with Crippen LogP contribution in [0.15, 0.2) is 18.6 Å². The molecule has 0 N–H and O–H groups in total. The lowest BCUT2D eigenvalue weighted by Gasteiger charge is -2.40. The van der Waals surface area contributed by atoms with Crippen LogP contribution in [0.1, 0.15) is 33.6 Å². The van der Waals surface area contributed by atoms with Gasteiger partial charge in [0.05, 0.1) is 0 Å². The predicted octanol–water partition coefficient (Wildman–Crippen LogP) is 2.74. The van der Waals surface area contributed by atoms with E-state index in [0.717, 1.165) is 24.8 Å². The molecule has 1 atom stereocenters. The van der Waals surface area contributed by atoms with Gasteiger partial charge in [0.15, 0.2) is 0 Å². The highest BCUT2D eigenvalue weighted by atomic mass is 15.2. The smallest absolute Gasteiger partial charge is 0.131 e. The summed E-state index contributed by atoms with van der Waals surface area (Å²) in [4.78, 5) is 10.7. The fraction of sp³-hybridized carbons (Fsp3) is 0.692. The van der Waals surface area contributed by atoms with Crippen molar-refractivity contribution in [2.45, 2.75) is 33.6 Å². The Hall–Kier alpha value is -1.12. The molecule has 0 aromatic carbocycles. The maximum Gasteiger partial charge on any atom is 0.131 e. The summed E-state index contributed by atoms with van der Waals surface area (Å²) in [5.74, 6) is 1.83. The molecule has 88 valence electrons. The first kappa shape index (κ1) is 11.4. The van der Waals surface area contributed by atoms with E-state index >= 15 is 0 Å². The molecule has 0 spiro atoms. The second-order valence-corrected chi connectivity index (χ2v) is 5.72. The Labute approximate surface area is 97.9 Å². The molecule has 0 radical (unpaired) electrons. The van der Waals surface area contributed by atoms with Gasteiger partial charge in [0, 0.05) is 19.3 Å². The molecule has 1 aromatic rings. The van der Waals surface area contributed by atoms with Gasteiger partial charge in [-0.2, -0.15) is 0 Å². The number of piperidine rings is 1. The van der Waals surface area contributed by atoms with Crippen LogP contribution in [0.4, 0.5) is 5.82 Å². The zero-order valence-corrected chi connectivity index (χ0v) is 10.5. The molecular formula is C13H21N3. The van der Waals surface area contributed by atoms with Crippen LogP contribution in [0.3, 0.4) is 0 Å². The minimum absolute atomic E-state index is 0.395. The minimum Gasteiger partial charge on any atom is -0.356 e. The normalized spacial score (nSPS) is 22.2. The van der Waals surface area contributed by atoms with Gasteiger partial charge >= 0.3 is 0 Å². The lowest BCUT2D eigenvalue weighted by Crippen LogP contribution is -2.41. The van der Waals surface area contributed by atoms with Gasteiger partial charge in [-0.1, -0.05) is 20.8 Å². The predicted molar refractivity (Wildman–Crippen MR) is 66.4 cm³/mol. The van der Waals surface area contributed by atoms with Crippen molar-refractivity contribution in [1.82, 2.24) is 9.97 Å². The summed E-state index contributed by atoms with van der Waals surface area (Å²) in [6.45, 7) is 9.26. The maximum atomic E-state index is 4.33. The molecule has 0 aliphatic carbocycles. The van der Waals surface area contributed by atoms with Crippen molar-refractivity contribution >= 4 is 5.82 Å². The summed E-state index contributed by atoms with van der Waals surface area (Å²) in [6.07, 6.45) is 6.07. The lowest BCUT2D eigenvalue weighted by molar-refractivity contribution is 0.208. The Bertz CT molecular complexity index is 329. The van der Waals surface area contributed by atoms with Gasteiger partial charge in [-0.05, 0) is 30.2 Å². The largest absolute Gasteiger partial charge is 0.356 e. The number of aromatic nitrogens is 2. The van der Waals surface area contributed by atoms with E-state index in [2.05, 4.69) is 35.6 Å². The summed E-state index contributed by atoms with van der Waals surface area (Å²) >= 11 is 0. The third-order valence-corrected chi connectivity index (χ3v) is 3.54. The Kier molecular flexibility index (Phi) is 3.13. The summed E-state index contributed by atoms with van der Waals surface area (Å²) in [7, 11) is 0. The summed E-state index contributed by atoms with van der Waals surface area (Å²) in [5.41, 5.74) is 0.395. The molecule has 3 nitrogen and oxygen atoms in total. The number of anilines is 1. The first-order valence-electron chi connectivity index (χ1n) is 6.08. The van der Waals surface area contributed by atoms with E-state index in [-0.39, 0.29) is 0 Å². The van der Waals surface area contributed by atoms with Crippen molar-refractivity contribution in [2.24, 2.45) is 11.3 Å². The first-order valence-corrected chi connectivity index (χ1v) is 6.08. The number of nitrogens with zero attached hydrogens (tertiary/aromatic N) is 3. The van der Waals surface area contributed by atoms with E-state index in [1.807, 2.05) is 12.3 Å². The fourth-order valence-electron chi connectivity index (χ4n) is 2.36. The molecule has 1 aliphatic rings. The number of rotatable bonds is 1. The molecule has 1 fully saturated rings. The number of hydrogen-bond donors (Lipinski definition) is 0. The highest BCUT2D eigenvalue weighted by Gasteiger charge is 2.29. The monoisotopic (exact) mass is 219 g/mol. The molecule has 1 aliphatic heterocycles. The van der Waals surface area contributed by atoms with Crippen molar-refractivity contribution in [1.29, 1.82) is 0 Å². The van der Waals surface area contributed by atoms with E-state index in [1.165, 1.54) is 12.8 Å². The van der Waals surface area contributed by atoms with Gasteiger partial charge < -0.3 is 4.90 Å². The molecule has 0 amide bonds. The highest BCUT2D eigenvalue weighted by Crippen LogP contribution is 2.34. The molecule has 2 rings (SSSR count). The molecule has 1 saturated heterocycles. The van der Waals surface area contributed by atoms with Crippen LogP contribution in [0, 0.1) is 11.3 Å². The second kappa shape index (κ2) is 4.40. The minimum atomic E-state index is 0.395. The second-order valence-electron chi connectivity index (χ2n) is 5.72. The van der Waals surface area contributed by atoms with E-state index in [9.17, 15) is 0 Å². The van der Waals surface area contributed by atoms with Crippen molar-refractivity contribution in [3.63, 3.8) is 0 Å². The van der Waals surface area contributed by atoms with Gasteiger partial charge in [0.25, 0.3) is 0 Å². The zero-order chi connectivity index (χ0) is 11.6.